The molecule has 4 aromatic rings. The fourth-order valence-electron chi connectivity index (χ4n) is 4.92. The largest absolute Gasteiger partial charge is 0.449 e. The molecule has 0 aromatic carbocycles. The van der Waals surface area contributed by atoms with Gasteiger partial charge in [0.1, 0.15) is 16.1 Å². The highest BCUT2D eigenvalue weighted by molar-refractivity contribution is 7.91. The number of carbonyl (C=O) groups is 1. The van der Waals surface area contributed by atoms with Gasteiger partial charge in [-0.15, -0.1) is 11.3 Å². The zero-order valence-corrected chi connectivity index (χ0v) is 26.8. The molecule has 4 aromatic heterocycles. The molecule has 3 N–H and O–H groups in total. The van der Waals surface area contributed by atoms with E-state index < -0.39 is 15.6 Å². The zero-order valence-electron chi connectivity index (χ0n) is 25.2. The number of aromatic nitrogens is 3. The fourth-order valence-corrected chi connectivity index (χ4v) is 8.11. The third kappa shape index (κ3) is 6.26. The van der Waals surface area contributed by atoms with Crippen molar-refractivity contribution in [1.82, 2.24) is 23.6 Å². The monoisotopic (exact) mass is 627 g/mol. The van der Waals surface area contributed by atoms with Crippen molar-refractivity contribution in [2.45, 2.75) is 57.8 Å². The SMILES string of the molecule is CCN(CC)S(=O)(=O)c1sc(Nc2nc(C3=CCCN(C(=O)OC(C)(C)C)C3)cn3c(-c4coc(N)c4)cnc23)cc1C. The summed E-state index contributed by atoms with van der Waals surface area (Å²) in [7, 11) is -3.64. The Labute approximate surface area is 255 Å². The van der Waals surface area contributed by atoms with Crippen LogP contribution in [-0.2, 0) is 14.8 Å². The molecule has 1 aliphatic rings. The average molecular weight is 628 g/mol. The summed E-state index contributed by atoms with van der Waals surface area (Å²) in [5, 5.41) is 3.94. The number of thiophene rings is 1. The summed E-state index contributed by atoms with van der Waals surface area (Å²) in [5.41, 5.74) is 9.36. The molecular weight excluding hydrogens is 590 g/mol. The lowest BCUT2D eigenvalue weighted by Crippen LogP contribution is -2.39. The second kappa shape index (κ2) is 11.7. The van der Waals surface area contributed by atoms with Crippen LogP contribution < -0.4 is 11.1 Å². The fraction of sp³-hybridized carbons (Fsp3) is 0.414. The van der Waals surface area contributed by atoms with E-state index in [4.69, 9.17) is 19.9 Å². The molecule has 14 heteroatoms. The minimum Gasteiger partial charge on any atom is -0.449 e. The van der Waals surface area contributed by atoms with Crippen molar-refractivity contribution in [2.75, 3.05) is 37.2 Å². The number of imidazole rings is 1. The highest BCUT2D eigenvalue weighted by atomic mass is 32.2. The van der Waals surface area contributed by atoms with Gasteiger partial charge in [0.05, 0.1) is 29.1 Å². The van der Waals surface area contributed by atoms with E-state index in [1.54, 1.807) is 36.4 Å². The number of rotatable bonds is 8. The molecular formula is C29H37N7O5S2. The smallest absolute Gasteiger partial charge is 0.410 e. The number of amides is 1. The molecule has 5 heterocycles. The Hall–Kier alpha value is -3.88. The molecule has 0 aliphatic carbocycles. The van der Waals surface area contributed by atoms with E-state index in [0.717, 1.165) is 28.2 Å². The highest BCUT2D eigenvalue weighted by Gasteiger charge is 2.28. The lowest BCUT2D eigenvalue weighted by atomic mass is 10.1. The third-order valence-corrected chi connectivity index (χ3v) is 10.7. The maximum atomic E-state index is 13.3. The molecule has 0 saturated heterocycles. The van der Waals surface area contributed by atoms with Gasteiger partial charge in [-0.05, 0) is 51.3 Å². The lowest BCUT2D eigenvalue weighted by molar-refractivity contribution is 0.0273. The number of carbonyl (C=O) groups excluding carboxylic acids is 1. The number of fused-ring (bicyclic) bond motifs is 1. The molecule has 12 nitrogen and oxygen atoms in total. The van der Waals surface area contributed by atoms with Crippen molar-refractivity contribution in [1.29, 1.82) is 0 Å². The van der Waals surface area contributed by atoms with E-state index in [-0.39, 0.29) is 16.2 Å². The van der Waals surface area contributed by atoms with Gasteiger partial charge >= 0.3 is 6.09 Å². The third-order valence-electron chi connectivity index (χ3n) is 6.93. The average Bonchev–Trinajstić information content (AvgIpc) is 3.66. The van der Waals surface area contributed by atoms with Crippen molar-refractivity contribution >= 4 is 55.4 Å². The molecule has 0 radical (unpaired) electrons. The van der Waals surface area contributed by atoms with Crippen molar-refractivity contribution in [3.63, 3.8) is 0 Å². The van der Waals surface area contributed by atoms with E-state index >= 15 is 0 Å². The number of nitrogens with one attached hydrogen (secondary N) is 1. The predicted octanol–water partition coefficient (Wildman–Crippen LogP) is 5.74. The lowest BCUT2D eigenvalue weighted by Gasteiger charge is -2.30. The summed E-state index contributed by atoms with van der Waals surface area (Å²) in [6.45, 7) is 12.6. The molecule has 0 unspecified atom stereocenters. The zero-order chi connectivity index (χ0) is 31.1. The van der Waals surface area contributed by atoms with Gasteiger partial charge in [-0.3, -0.25) is 4.40 Å². The number of hydrogen-bond donors (Lipinski definition) is 2. The maximum absolute atomic E-state index is 13.3. The Morgan fingerprint density at radius 3 is 2.65 bits per heavy atom. The van der Waals surface area contributed by atoms with E-state index in [2.05, 4.69) is 16.4 Å². The van der Waals surface area contributed by atoms with Crippen LogP contribution in [0.2, 0.25) is 0 Å². The van der Waals surface area contributed by atoms with E-state index in [1.165, 1.54) is 4.31 Å². The molecule has 1 amide bonds. The Bertz CT molecular complexity index is 1790. The molecule has 0 saturated carbocycles. The van der Waals surface area contributed by atoms with E-state index in [9.17, 15) is 13.2 Å². The number of nitrogens with two attached hydrogens (primary N) is 1. The maximum Gasteiger partial charge on any atom is 0.410 e. The summed E-state index contributed by atoms with van der Waals surface area (Å²) in [4.78, 5) is 24.1. The Morgan fingerprint density at radius 1 is 1.26 bits per heavy atom. The number of aryl methyl sites for hydroxylation is 1. The van der Waals surface area contributed by atoms with Crippen LogP contribution in [0.1, 0.15) is 52.3 Å². The van der Waals surface area contributed by atoms with Gasteiger partial charge in [0.2, 0.25) is 0 Å². The normalized spacial score (nSPS) is 14.4. The van der Waals surface area contributed by atoms with E-state index in [1.807, 2.05) is 45.2 Å². The first-order valence-electron chi connectivity index (χ1n) is 14.1. The standard InChI is InChI=1S/C29H37N7O5S2/c1-7-35(8-2)43(38,39)27-18(3)12-24(42-27)33-25-26-31-14-22(20-13-23(30)40-17-20)36(26)16-21(32-25)19-10-9-11-34(15-19)28(37)41-29(4,5)6/h10,12-14,16-17H,7-9,11,15,30H2,1-6H3,(H,32,33). The summed E-state index contributed by atoms with van der Waals surface area (Å²) in [5.74, 6) is 0.708. The Balaban J connectivity index is 1.56. The molecule has 230 valence electrons. The number of nitrogen functional groups attached to an aromatic ring is 1. The van der Waals surface area contributed by atoms with Crippen molar-refractivity contribution < 1.29 is 22.4 Å². The summed E-state index contributed by atoms with van der Waals surface area (Å²) in [6, 6.07) is 3.52. The predicted molar refractivity (Wildman–Crippen MR) is 168 cm³/mol. The van der Waals surface area contributed by atoms with Crippen molar-refractivity contribution in [3.05, 3.63) is 48.1 Å². The number of sulfonamides is 1. The van der Waals surface area contributed by atoms with Gasteiger partial charge in [-0.1, -0.05) is 19.9 Å². The first-order chi connectivity index (χ1) is 20.3. The van der Waals surface area contributed by atoms with Gasteiger partial charge in [-0.2, -0.15) is 4.31 Å². The molecule has 5 rings (SSSR count). The molecule has 0 atom stereocenters. The molecule has 0 bridgehead atoms. The van der Waals surface area contributed by atoms with Crippen LogP contribution in [-0.4, -0.2) is 69.9 Å². The molecule has 0 spiro atoms. The van der Waals surface area contributed by atoms with Crippen molar-refractivity contribution in [3.8, 4) is 11.3 Å². The van der Waals surface area contributed by atoms with Crippen LogP contribution in [0.3, 0.4) is 0 Å². The van der Waals surface area contributed by atoms with Crippen molar-refractivity contribution in [2.24, 2.45) is 0 Å². The van der Waals surface area contributed by atoms with Crippen LogP contribution in [0.25, 0.3) is 22.5 Å². The van der Waals surface area contributed by atoms with Crippen LogP contribution in [0.5, 0.6) is 0 Å². The van der Waals surface area contributed by atoms with E-state index in [0.29, 0.717) is 60.3 Å². The summed E-state index contributed by atoms with van der Waals surface area (Å²) < 4.78 is 41.2. The number of nitrogens with zero attached hydrogens (tertiary/aromatic N) is 5. The van der Waals surface area contributed by atoms with Gasteiger partial charge in [-0.25, -0.2) is 23.2 Å². The van der Waals surface area contributed by atoms with Gasteiger partial charge in [0.15, 0.2) is 17.3 Å². The Kier molecular flexibility index (Phi) is 8.29. The second-order valence-electron chi connectivity index (χ2n) is 11.3. The number of furan rings is 1. The molecule has 0 fully saturated rings. The summed E-state index contributed by atoms with van der Waals surface area (Å²) >= 11 is 1.15. The first-order valence-corrected chi connectivity index (χ1v) is 16.3. The highest BCUT2D eigenvalue weighted by Crippen LogP contribution is 2.36. The number of ether oxygens (including phenoxy) is 1. The van der Waals surface area contributed by atoms with Crippen LogP contribution in [0.15, 0.2) is 45.5 Å². The number of anilines is 3. The van der Waals surface area contributed by atoms with Crippen LogP contribution in [0.4, 0.5) is 21.5 Å². The molecule has 1 aliphatic heterocycles. The Morgan fingerprint density at radius 2 is 2.00 bits per heavy atom. The number of hydrogen-bond acceptors (Lipinski definition) is 10. The van der Waals surface area contributed by atoms with Gasteiger partial charge < -0.3 is 25.1 Å². The first kappa shape index (κ1) is 30.6. The minimum atomic E-state index is -3.64. The summed E-state index contributed by atoms with van der Waals surface area (Å²) in [6.07, 6.45) is 7.45. The van der Waals surface area contributed by atoms with Crippen LogP contribution in [0, 0.1) is 6.92 Å². The minimum absolute atomic E-state index is 0.275. The molecule has 43 heavy (non-hydrogen) atoms. The second-order valence-corrected chi connectivity index (χ2v) is 14.5. The topological polar surface area (TPSA) is 148 Å². The van der Waals surface area contributed by atoms with Crippen LogP contribution >= 0.6 is 11.3 Å². The quantitative estimate of drug-likeness (QED) is 0.249. The van der Waals surface area contributed by atoms with Gasteiger partial charge in [0, 0.05) is 37.5 Å². The van der Waals surface area contributed by atoms with Gasteiger partial charge in [0.25, 0.3) is 10.0 Å².